The third kappa shape index (κ3) is 1.90. The van der Waals surface area contributed by atoms with Gasteiger partial charge in [0.2, 0.25) is 0 Å². The van der Waals surface area contributed by atoms with Crippen molar-refractivity contribution in [3.05, 3.63) is 29.6 Å². The minimum Gasteiger partial charge on any atom is -0.478 e. The number of imidazole rings is 1. The summed E-state index contributed by atoms with van der Waals surface area (Å²) in [6.45, 7) is 1.05. The zero-order valence-electron chi connectivity index (χ0n) is 11.4. The number of carboxylic acid groups (broad SMARTS) is 1. The molecule has 2 aromatic rings. The molecule has 2 fully saturated rings. The molecule has 4 rings (SSSR count). The van der Waals surface area contributed by atoms with Crippen LogP contribution in [0, 0.1) is 5.92 Å². The first-order chi connectivity index (χ1) is 9.72. The van der Waals surface area contributed by atoms with Crippen molar-refractivity contribution in [2.24, 2.45) is 5.92 Å². The van der Waals surface area contributed by atoms with Crippen LogP contribution in [0.15, 0.2) is 18.2 Å². The third-order valence-corrected chi connectivity index (χ3v) is 4.63. The molecular formula is C16H18N2O2. The van der Waals surface area contributed by atoms with E-state index in [0.29, 0.717) is 11.5 Å². The van der Waals surface area contributed by atoms with Gasteiger partial charge in [0.1, 0.15) is 5.82 Å². The smallest absolute Gasteiger partial charge is 0.335 e. The second-order valence-corrected chi connectivity index (χ2v) is 6.16. The summed E-state index contributed by atoms with van der Waals surface area (Å²) in [5.41, 5.74) is 2.27. The largest absolute Gasteiger partial charge is 0.478 e. The fraction of sp³-hybridized carbons (Fsp3) is 0.500. The van der Waals surface area contributed by atoms with Gasteiger partial charge >= 0.3 is 5.97 Å². The molecule has 4 heteroatoms. The van der Waals surface area contributed by atoms with E-state index >= 15 is 0 Å². The van der Waals surface area contributed by atoms with Gasteiger partial charge in [0.25, 0.3) is 0 Å². The molecule has 2 saturated carbocycles. The number of benzene rings is 1. The normalized spacial score (nSPS) is 19.2. The number of carbonyl (C=O) groups is 1. The van der Waals surface area contributed by atoms with Gasteiger partial charge in [-0.3, -0.25) is 0 Å². The molecular weight excluding hydrogens is 252 g/mol. The van der Waals surface area contributed by atoms with E-state index in [9.17, 15) is 4.79 Å². The van der Waals surface area contributed by atoms with Crippen LogP contribution in [0.4, 0.5) is 0 Å². The molecule has 1 heterocycles. The van der Waals surface area contributed by atoms with Crippen molar-refractivity contribution >= 4 is 17.0 Å². The Hall–Kier alpha value is -1.84. The standard InChI is InChI=1S/C16H18N2O2/c19-16(20)12-6-7-14-13(8-12)17-15(11-4-5-11)18(14)9-10-2-1-3-10/h6-8,10-11H,1-5,9H2,(H,19,20). The lowest BCUT2D eigenvalue weighted by atomic mass is 9.85. The maximum atomic E-state index is 11.1. The summed E-state index contributed by atoms with van der Waals surface area (Å²) in [6, 6.07) is 5.33. The number of aromatic carboxylic acids is 1. The van der Waals surface area contributed by atoms with Gasteiger partial charge in [-0.25, -0.2) is 9.78 Å². The minimum absolute atomic E-state index is 0.327. The van der Waals surface area contributed by atoms with Crippen LogP contribution >= 0.6 is 0 Å². The highest BCUT2D eigenvalue weighted by molar-refractivity contribution is 5.92. The molecule has 0 radical (unpaired) electrons. The Morgan fingerprint density at radius 2 is 2.10 bits per heavy atom. The molecule has 0 unspecified atom stereocenters. The molecule has 2 aliphatic rings. The quantitative estimate of drug-likeness (QED) is 0.926. The molecule has 1 aromatic carbocycles. The van der Waals surface area contributed by atoms with E-state index in [1.807, 2.05) is 6.07 Å². The first-order valence-electron chi connectivity index (χ1n) is 7.46. The van der Waals surface area contributed by atoms with Crippen molar-refractivity contribution in [2.75, 3.05) is 0 Å². The van der Waals surface area contributed by atoms with Crippen LogP contribution in [0.5, 0.6) is 0 Å². The van der Waals surface area contributed by atoms with E-state index in [4.69, 9.17) is 10.1 Å². The van der Waals surface area contributed by atoms with E-state index in [1.165, 1.54) is 37.9 Å². The highest BCUT2D eigenvalue weighted by Crippen LogP contribution is 2.42. The Labute approximate surface area is 117 Å². The SMILES string of the molecule is O=C(O)c1ccc2c(c1)nc(C1CC1)n2CC1CCC1. The van der Waals surface area contributed by atoms with Gasteiger partial charge in [0, 0.05) is 12.5 Å². The topological polar surface area (TPSA) is 55.1 Å². The first kappa shape index (κ1) is 11.9. The molecule has 4 nitrogen and oxygen atoms in total. The molecule has 2 aliphatic carbocycles. The van der Waals surface area contributed by atoms with E-state index in [2.05, 4.69) is 4.57 Å². The lowest BCUT2D eigenvalue weighted by Crippen LogP contribution is -2.19. The number of rotatable bonds is 4. The Morgan fingerprint density at radius 3 is 2.70 bits per heavy atom. The number of aromatic nitrogens is 2. The molecule has 0 bridgehead atoms. The highest BCUT2D eigenvalue weighted by Gasteiger charge is 2.31. The number of carboxylic acids is 1. The number of nitrogens with zero attached hydrogens (tertiary/aromatic N) is 2. The van der Waals surface area contributed by atoms with Gasteiger partial charge < -0.3 is 9.67 Å². The van der Waals surface area contributed by atoms with Gasteiger partial charge in [0.05, 0.1) is 16.6 Å². The third-order valence-electron chi connectivity index (χ3n) is 4.63. The molecule has 1 N–H and O–H groups in total. The fourth-order valence-electron chi connectivity index (χ4n) is 3.06. The maximum Gasteiger partial charge on any atom is 0.335 e. The molecule has 104 valence electrons. The average molecular weight is 270 g/mol. The summed E-state index contributed by atoms with van der Waals surface area (Å²) < 4.78 is 2.35. The first-order valence-corrected chi connectivity index (χ1v) is 7.46. The van der Waals surface area contributed by atoms with Crippen LogP contribution in [0.25, 0.3) is 11.0 Å². The Balaban J connectivity index is 1.80. The van der Waals surface area contributed by atoms with E-state index in [1.54, 1.807) is 12.1 Å². The zero-order chi connectivity index (χ0) is 13.7. The number of hydrogen-bond donors (Lipinski definition) is 1. The van der Waals surface area contributed by atoms with Crippen LogP contribution in [-0.2, 0) is 6.54 Å². The van der Waals surface area contributed by atoms with Gasteiger partial charge in [0.15, 0.2) is 0 Å². The zero-order valence-corrected chi connectivity index (χ0v) is 11.4. The molecule has 0 spiro atoms. The minimum atomic E-state index is -0.881. The average Bonchev–Trinajstić information content (AvgIpc) is 3.15. The maximum absolute atomic E-state index is 11.1. The molecule has 0 saturated heterocycles. The van der Waals surface area contributed by atoms with Crippen molar-refractivity contribution < 1.29 is 9.90 Å². The predicted octanol–water partition coefficient (Wildman–Crippen LogP) is 3.41. The summed E-state index contributed by atoms with van der Waals surface area (Å²) in [4.78, 5) is 15.8. The fourth-order valence-corrected chi connectivity index (χ4v) is 3.06. The Morgan fingerprint density at radius 1 is 1.30 bits per heavy atom. The van der Waals surface area contributed by atoms with E-state index < -0.39 is 5.97 Å². The van der Waals surface area contributed by atoms with Crippen LogP contribution in [0.2, 0.25) is 0 Å². The summed E-state index contributed by atoms with van der Waals surface area (Å²) in [7, 11) is 0. The molecule has 0 atom stereocenters. The van der Waals surface area contributed by atoms with Crippen LogP contribution in [-0.4, -0.2) is 20.6 Å². The van der Waals surface area contributed by atoms with E-state index in [0.717, 1.165) is 23.5 Å². The predicted molar refractivity (Wildman–Crippen MR) is 76.0 cm³/mol. The molecule has 0 amide bonds. The van der Waals surface area contributed by atoms with Crippen molar-refractivity contribution in [2.45, 2.75) is 44.6 Å². The lowest BCUT2D eigenvalue weighted by molar-refractivity contribution is 0.0697. The number of fused-ring (bicyclic) bond motifs is 1. The Kier molecular flexibility index (Phi) is 2.59. The van der Waals surface area contributed by atoms with Crippen LogP contribution in [0.1, 0.15) is 54.2 Å². The van der Waals surface area contributed by atoms with Crippen molar-refractivity contribution in [1.29, 1.82) is 0 Å². The monoisotopic (exact) mass is 270 g/mol. The molecule has 0 aliphatic heterocycles. The van der Waals surface area contributed by atoms with Gasteiger partial charge in [-0.15, -0.1) is 0 Å². The van der Waals surface area contributed by atoms with Crippen molar-refractivity contribution in [3.63, 3.8) is 0 Å². The van der Waals surface area contributed by atoms with Crippen LogP contribution in [0.3, 0.4) is 0 Å². The second kappa shape index (κ2) is 4.33. The van der Waals surface area contributed by atoms with Crippen molar-refractivity contribution in [3.8, 4) is 0 Å². The van der Waals surface area contributed by atoms with E-state index in [-0.39, 0.29) is 0 Å². The highest BCUT2D eigenvalue weighted by atomic mass is 16.4. The second-order valence-electron chi connectivity index (χ2n) is 6.16. The van der Waals surface area contributed by atoms with Crippen molar-refractivity contribution in [1.82, 2.24) is 9.55 Å². The number of hydrogen-bond acceptors (Lipinski definition) is 2. The molecule has 20 heavy (non-hydrogen) atoms. The summed E-state index contributed by atoms with van der Waals surface area (Å²) in [5, 5.41) is 9.10. The van der Waals surface area contributed by atoms with Gasteiger partial charge in [-0.05, 0) is 49.8 Å². The van der Waals surface area contributed by atoms with Gasteiger partial charge in [-0.2, -0.15) is 0 Å². The summed E-state index contributed by atoms with van der Waals surface area (Å²) in [5.74, 6) is 1.67. The lowest BCUT2D eigenvalue weighted by Gasteiger charge is -2.26. The summed E-state index contributed by atoms with van der Waals surface area (Å²) in [6.07, 6.45) is 6.42. The molecule has 1 aromatic heterocycles. The Bertz CT molecular complexity index is 681. The summed E-state index contributed by atoms with van der Waals surface area (Å²) >= 11 is 0. The van der Waals surface area contributed by atoms with Gasteiger partial charge in [-0.1, -0.05) is 6.42 Å². The van der Waals surface area contributed by atoms with Crippen LogP contribution < -0.4 is 0 Å².